The first-order valence-corrected chi connectivity index (χ1v) is 7.65. The lowest BCUT2D eigenvalue weighted by Gasteiger charge is -2.27. The summed E-state index contributed by atoms with van der Waals surface area (Å²) in [5.41, 5.74) is 1.65. The fourth-order valence-corrected chi connectivity index (χ4v) is 2.30. The third kappa shape index (κ3) is 3.89. The van der Waals surface area contributed by atoms with Gasteiger partial charge in [0.25, 0.3) is 0 Å². The van der Waals surface area contributed by atoms with Crippen LogP contribution in [-0.2, 0) is 5.41 Å². The molecule has 0 fully saturated rings. The molecule has 0 aliphatic rings. The highest BCUT2D eigenvalue weighted by Gasteiger charge is 2.25. The van der Waals surface area contributed by atoms with Gasteiger partial charge in [-0.05, 0) is 35.4 Å². The number of hydrogen-bond donors (Lipinski definition) is 2. The average Bonchev–Trinajstić information content (AvgIpc) is 2.57. The molecule has 0 atom stereocenters. The van der Waals surface area contributed by atoms with Crippen LogP contribution in [0.4, 0.5) is 0 Å². The van der Waals surface area contributed by atoms with Gasteiger partial charge in [0.2, 0.25) is 0 Å². The van der Waals surface area contributed by atoms with Gasteiger partial charge in [-0.25, -0.2) is 0 Å². The van der Waals surface area contributed by atoms with E-state index >= 15 is 0 Å². The Morgan fingerprint density at radius 2 is 1.09 bits per heavy atom. The number of hydrogen-bond acceptors (Lipinski definition) is 4. The van der Waals surface area contributed by atoms with Crippen LogP contribution in [0.15, 0.2) is 36.4 Å². The predicted octanol–water partition coefficient (Wildman–Crippen LogP) is 4.47. The maximum absolute atomic E-state index is 9.71. The number of rotatable bonds is 4. The molecule has 4 nitrogen and oxygen atoms in total. The van der Waals surface area contributed by atoms with Crippen molar-refractivity contribution < 1.29 is 19.7 Å². The zero-order valence-electron chi connectivity index (χ0n) is 14.7. The van der Waals surface area contributed by atoms with Crippen LogP contribution in [0.2, 0.25) is 0 Å². The van der Waals surface area contributed by atoms with Crippen LogP contribution in [0.5, 0.6) is 23.0 Å². The van der Waals surface area contributed by atoms with E-state index in [2.05, 4.69) is 13.8 Å². The molecule has 23 heavy (non-hydrogen) atoms. The predicted molar refractivity (Wildman–Crippen MR) is 92.8 cm³/mol. The monoisotopic (exact) mass is 318 g/mol. The standard InChI is InChI=1S/C17H20O4.C2H6/c1-17(2,11-5-7-13(18)15(9-11)20-3)12-6-8-14(19)16(10-12)21-4;1-2/h5-10,18-19H,1-4H3;1-2H3. The molecule has 0 radical (unpaired) electrons. The molecule has 0 bridgehead atoms. The van der Waals surface area contributed by atoms with Crippen LogP contribution in [0.1, 0.15) is 38.8 Å². The maximum atomic E-state index is 9.71. The number of phenolic OH excluding ortho intramolecular Hbond substituents is 2. The molecule has 126 valence electrons. The van der Waals surface area contributed by atoms with Crippen molar-refractivity contribution in [1.82, 2.24) is 0 Å². The summed E-state index contributed by atoms with van der Waals surface area (Å²) in [5.74, 6) is 1.10. The van der Waals surface area contributed by atoms with Crippen LogP contribution >= 0.6 is 0 Å². The lowest BCUT2D eigenvalue weighted by atomic mass is 9.78. The van der Waals surface area contributed by atoms with Crippen LogP contribution in [0.3, 0.4) is 0 Å². The van der Waals surface area contributed by atoms with E-state index in [4.69, 9.17) is 9.47 Å². The molecule has 0 aliphatic carbocycles. The molecule has 0 unspecified atom stereocenters. The lowest BCUT2D eigenvalue weighted by Crippen LogP contribution is -2.19. The van der Waals surface area contributed by atoms with Crippen molar-refractivity contribution in [2.45, 2.75) is 33.1 Å². The molecular formula is C19H26O4. The number of ether oxygens (including phenoxy) is 2. The minimum absolute atomic E-state index is 0.111. The number of benzene rings is 2. The van der Waals surface area contributed by atoms with E-state index in [0.717, 1.165) is 11.1 Å². The highest BCUT2D eigenvalue weighted by atomic mass is 16.5. The summed E-state index contributed by atoms with van der Waals surface area (Å²) in [5, 5.41) is 19.4. The first kappa shape index (κ1) is 18.7. The summed E-state index contributed by atoms with van der Waals surface area (Å²) in [4.78, 5) is 0. The van der Waals surface area contributed by atoms with Crippen molar-refractivity contribution in [3.63, 3.8) is 0 Å². The zero-order chi connectivity index (χ0) is 17.6. The van der Waals surface area contributed by atoms with Gasteiger partial charge in [0, 0.05) is 5.41 Å². The second-order valence-corrected chi connectivity index (χ2v) is 5.40. The Morgan fingerprint density at radius 3 is 1.39 bits per heavy atom. The smallest absolute Gasteiger partial charge is 0.160 e. The summed E-state index contributed by atoms with van der Waals surface area (Å²) in [6, 6.07) is 10.6. The molecule has 0 amide bonds. The second kappa shape index (κ2) is 7.77. The van der Waals surface area contributed by atoms with Crippen LogP contribution < -0.4 is 9.47 Å². The van der Waals surface area contributed by atoms with Gasteiger partial charge in [-0.15, -0.1) is 0 Å². The van der Waals surface area contributed by atoms with Crippen molar-refractivity contribution in [3.8, 4) is 23.0 Å². The van der Waals surface area contributed by atoms with Crippen LogP contribution in [0, 0.1) is 0 Å². The minimum Gasteiger partial charge on any atom is -0.504 e. The summed E-state index contributed by atoms with van der Waals surface area (Å²) in [6.07, 6.45) is 0. The van der Waals surface area contributed by atoms with Crippen molar-refractivity contribution in [3.05, 3.63) is 47.5 Å². The Labute approximate surface area is 138 Å². The van der Waals surface area contributed by atoms with Gasteiger partial charge in [0.15, 0.2) is 23.0 Å². The second-order valence-electron chi connectivity index (χ2n) is 5.40. The van der Waals surface area contributed by atoms with Gasteiger partial charge in [-0.2, -0.15) is 0 Å². The summed E-state index contributed by atoms with van der Waals surface area (Å²) in [7, 11) is 3.05. The van der Waals surface area contributed by atoms with E-state index in [1.165, 1.54) is 14.2 Å². The Hall–Kier alpha value is -2.36. The van der Waals surface area contributed by atoms with Crippen molar-refractivity contribution in [2.75, 3.05) is 14.2 Å². The van der Waals surface area contributed by atoms with Gasteiger partial charge < -0.3 is 19.7 Å². The topological polar surface area (TPSA) is 58.9 Å². The van der Waals surface area contributed by atoms with Crippen molar-refractivity contribution in [1.29, 1.82) is 0 Å². The minimum atomic E-state index is -0.331. The molecule has 2 aromatic carbocycles. The largest absolute Gasteiger partial charge is 0.504 e. The quantitative estimate of drug-likeness (QED) is 0.873. The van der Waals surface area contributed by atoms with E-state index < -0.39 is 0 Å². The van der Waals surface area contributed by atoms with E-state index in [9.17, 15) is 10.2 Å². The van der Waals surface area contributed by atoms with E-state index in [1.54, 1.807) is 12.1 Å². The van der Waals surface area contributed by atoms with Gasteiger partial charge in [-0.3, -0.25) is 0 Å². The average molecular weight is 318 g/mol. The maximum Gasteiger partial charge on any atom is 0.160 e. The molecule has 2 aromatic rings. The SMILES string of the molecule is CC.COc1cc(C(C)(C)c2ccc(O)c(OC)c2)ccc1O. The Balaban J connectivity index is 0.00000127. The fraction of sp³-hybridized carbons (Fsp3) is 0.368. The van der Waals surface area contributed by atoms with Crippen molar-refractivity contribution >= 4 is 0 Å². The highest BCUT2D eigenvalue weighted by Crippen LogP contribution is 2.39. The first-order valence-electron chi connectivity index (χ1n) is 7.65. The third-order valence-corrected chi connectivity index (χ3v) is 3.80. The summed E-state index contributed by atoms with van der Waals surface area (Å²) in [6.45, 7) is 8.12. The van der Waals surface area contributed by atoms with Crippen LogP contribution in [-0.4, -0.2) is 24.4 Å². The van der Waals surface area contributed by atoms with Crippen LogP contribution in [0.25, 0.3) is 0 Å². The molecule has 0 aliphatic heterocycles. The number of aromatic hydroxyl groups is 2. The van der Waals surface area contributed by atoms with E-state index in [0.29, 0.717) is 11.5 Å². The molecule has 4 heteroatoms. The van der Waals surface area contributed by atoms with Gasteiger partial charge in [0.1, 0.15) is 0 Å². The molecule has 0 saturated carbocycles. The zero-order valence-corrected chi connectivity index (χ0v) is 14.7. The van der Waals surface area contributed by atoms with E-state index in [1.807, 2.05) is 38.1 Å². The Morgan fingerprint density at radius 1 is 0.739 bits per heavy atom. The molecule has 0 saturated heterocycles. The van der Waals surface area contributed by atoms with Gasteiger partial charge >= 0.3 is 0 Å². The number of phenols is 2. The van der Waals surface area contributed by atoms with Gasteiger partial charge in [-0.1, -0.05) is 39.8 Å². The molecule has 2 N–H and O–H groups in total. The Bertz CT molecular complexity index is 592. The first-order chi connectivity index (χ1) is 10.9. The lowest BCUT2D eigenvalue weighted by molar-refractivity contribution is 0.370. The molecule has 0 heterocycles. The normalized spacial score (nSPS) is 10.5. The number of methoxy groups -OCH3 is 2. The summed E-state index contributed by atoms with van der Waals surface area (Å²) >= 11 is 0. The summed E-state index contributed by atoms with van der Waals surface area (Å²) < 4.78 is 10.3. The van der Waals surface area contributed by atoms with E-state index in [-0.39, 0.29) is 16.9 Å². The molecule has 0 spiro atoms. The fourth-order valence-electron chi connectivity index (χ4n) is 2.30. The Kier molecular flexibility index (Phi) is 6.31. The third-order valence-electron chi connectivity index (χ3n) is 3.80. The highest BCUT2D eigenvalue weighted by molar-refractivity contribution is 5.50. The van der Waals surface area contributed by atoms with Crippen molar-refractivity contribution in [2.24, 2.45) is 0 Å². The molecule has 2 rings (SSSR count). The molecule has 0 aromatic heterocycles. The molecular weight excluding hydrogens is 292 g/mol. The van der Waals surface area contributed by atoms with Gasteiger partial charge in [0.05, 0.1) is 14.2 Å².